The highest BCUT2D eigenvalue weighted by atomic mass is 15.3. The van der Waals surface area contributed by atoms with Crippen LogP contribution in [0.15, 0.2) is 42.6 Å². The molecule has 4 rings (SSSR count). The number of para-hydroxylation sites is 1. The van der Waals surface area contributed by atoms with Crippen LogP contribution < -0.4 is 0 Å². The van der Waals surface area contributed by atoms with Gasteiger partial charge in [-0.1, -0.05) is 18.2 Å². The predicted molar refractivity (Wildman–Crippen MR) is 88.0 cm³/mol. The number of benzene rings is 1. The molecular weight excluding hydrogens is 286 g/mol. The molecule has 1 unspecified atom stereocenters. The second-order valence-corrected chi connectivity index (χ2v) is 6.42. The van der Waals surface area contributed by atoms with Crippen molar-refractivity contribution in [1.29, 1.82) is 5.26 Å². The van der Waals surface area contributed by atoms with E-state index >= 15 is 0 Å². The fourth-order valence-corrected chi connectivity index (χ4v) is 3.44. The van der Waals surface area contributed by atoms with Crippen LogP contribution in [0.1, 0.15) is 18.5 Å². The van der Waals surface area contributed by atoms with E-state index in [1.807, 2.05) is 29.1 Å². The molecule has 1 atom stereocenters. The quantitative estimate of drug-likeness (QED) is 0.867. The lowest BCUT2D eigenvalue weighted by Gasteiger charge is -2.38. The van der Waals surface area contributed by atoms with Gasteiger partial charge in [0.15, 0.2) is 0 Å². The zero-order valence-corrected chi connectivity index (χ0v) is 13.2. The molecule has 2 fully saturated rings. The minimum atomic E-state index is 0.0318. The van der Waals surface area contributed by atoms with Crippen molar-refractivity contribution >= 4 is 0 Å². The highest BCUT2D eigenvalue weighted by molar-refractivity contribution is 5.32. The van der Waals surface area contributed by atoms with Crippen LogP contribution in [-0.2, 0) is 6.54 Å². The average Bonchev–Trinajstić information content (AvgIpc) is 3.34. The van der Waals surface area contributed by atoms with Crippen molar-refractivity contribution in [3.8, 4) is 11.8 Å². The molecule has 23 heavy (non-hydrogen) atoms. The summed E-state index contributed by atoms with van der Waals surface area (Å²) >= 11 is 0. The number of hydrogen-bond acceptors (Lipinski definition) is 4. The molecule has 2 heterocycles. The van der Waals surface area contributed by atoms with Gasteiger partial charge in [0.1, 0.15) is 6.04 Å². The largest absolute Gasteiger partial charge is 0.294 e. The standard InChI is InChI=1S/C18H21N5/c19-12-18-14-21(10-11-22(18)15-6-7-15)13-17-8-9-20-23(17)16-4-2-1-3-5-16/h1-5,8-9,15,18H,6-7,10-11,13-14H2. The van der Waals surface area contributed by atoms with Gasteiger partial charge in [-0.3, -0.25) is 9.80 Å². The summed E-state index contributed by atoms with van der Waals surface area (Å²) in [5, 5.41) is 13.9. The molecule has 1 aromatic heterocycles. The third-order valence-electron chi connectivity index (χ3n) is 4.78. The molecule has 0 N–H and O–H groups in total. The van der Waals surface area contributed by atoms with E-state index in [0.717, 1.165) is 31.9 Å². The van der Waals surface area contributed by atoms with Gasteiger partial charge in [-0.05, 0) is 31.0 Å². The monoisotopic (exact) mass is 307 g/mol. The van der Waals surface area contributed by atoms with Gasteiger partial charge >= 0.3 is 0 Å². The Morgan fingerprint density at radius 1 is 1.13 bits per heavy atom. The molecule has 1 aliphatic heterocycles. The maximum absolute atomic E-state index is 9.48. The summed E-state index contributed by atoms with van der Waals surface area (Å²) in [5.74, 6) is 0. The maximum Gasteiger partial charge on any atom is 0.111 e. The molecule has 5 heteroatoms. The Morgan fingerprint density at radius 3 is 2.70 bits per heavy atom. The van der Waals surface area contributed by atoms with Crippen LogP contribution >= 0.6 is 0 Å². The second kappa shape index (κ2) is 6.15. The number of rotatable bonds is 4. The molecule has 2 aromatic rings. The van der Waals surface area contributed by atoms with E-state index in [9.17, 15) is 5.26 Å². The normalized spacial score (nSPS) is 22.8. The minimum absolute atomic E-state index is 0.0318. The van der Waals surface area contributed by atoms with Gasteiger partial charge in [-0.25, -0.2) is 4.68 Å². The van der Waals surface area contributed by atoms with Crippen LogP contribution in [0.5, 0.6) is 0 Å². The van der Waals surface area contributed by atoms with Crippen LogP contribution in [0.3, 0.4) is 0 Å². The number of hydrogen-bond donors (Lipinski definition) is 0. The Balaban J connectivity index is 1.47. The van der Waals surface area contributed by atoms with Gasteiger partial charge in [-0.15, -0.1) is 0 Å². The van der Waals surface area contributed by atoms with Crippen molar-refractivity contribution in [2.45, 2.75) is 31.5 Å². The molecule has 2 aliphatic rings. The highest BCUT2D eigenvalue weighted by Gasteiger charge is 2.37. The fourth-order valence-electron chi connectivity index (χ4n) is 3.44. The molecule has 0 spiro atoms. The van der Waals surface area contributed by atoms with Crippen molar-refractivity contribution < 1.29 is 0 Å². The molecule has 118 valence electrons. The third-order valence-corrected chi connectivity index (χ3v) is 4.78. The van der Waals surface area contributed by atoms with E-state index in [0.29, 0.717) is 6.04 Å². The van der Waals surface area contributed by atoms with Gasteiger partial charge in [-0.2, -0.15) is 10.4 Å². The highest BCUT2D eigenvalue weighted by Crippen LogP contribution is 2.30. The Kier molecular flexibility index (Phi) is 3.86. The third kappa shape index (κ3) is 3.00. The topological polar surface area (TPSA) is 48.1 Å². The van der Waals surface area contributed by atoms with Gasteiger partial charge in [0.05, 0.1) is 17.5 Å². The second-order valence-electron chi connectivity index (χ2n) is 6.42. The summed E-state index contributed by atoms with van der Waals surface area (Å²) < 4.78 is 1.99. The molecule has 0 bridgehead atoms. The SMILES string of the molecule is N#CC1CN(Cc2ccnn2-c2ccccc2)CCN1C1CC1. The lowest BCUT2D eigenvalue weighted by molar-refractivity contribution is 0.0885. The predicted octanol–water partition coefficient (Wildman–Crippen LogP) is 2.04. The smallest absolute Gasteiger partial charge is 0.111 e. The molecule has 1 saturated heterocycles. The van der Waals surface area contributed by atoms with Crippen molar-refractivity contribution in [2.75, 3.05) is 19.6 Å². The van der Waals surface area contributed by atoms with Crippen molar-refractivity contribution in [3.63, 3.8) is 0 Å². The molecule has 1 aromatic carbocycles. The number of nitrogens with zero attached hydrogens (tertiary/aromatic N) is 5. The number of piperazine rings is 1. The number of aromatic nitrogens is 2. The van der Waals surface area contributed by atoms with E-state index in [1.165, 1.54) is 18.5 Å². The summed E-state index contributed by atoms with van der Waals surface area (Å²) in [4.78, 5) is 4.77. The van der Waals surface area contributed by atoms with Crippen molar-refractivity contribution in [2.24, 2.45) is 0 Å². The average molecular weight is 307 g/mol. The zero-order valence-electron chi connectivity index (χ0n) is 13.2. The fraction of sp³-hybridized carbons (Fsp3) is 0.444. The summed E-state index contributed by atoms with van der Waals surface area (Å²) in [6.07, 6.45) is 4.38. The van der Waals surface area contributed by atoms with Gasteiger partial charge < -0.3 is 0 Å². The molecule has 1 saturated carbocycles. The Bertz CT molecular complexity index is 698. The number of nitriles is 1. The van der Waals surface area contributed by atoms with Crippen LogP contribution in [-0.4, -0.2) is 51.3 Å². The first-order valence-corrected chi connectivity index (χ1v) is 8.31. The van der Waals surface area contributed by atoms with Crippen molar-refractivity contribution in [1.82, 2.24) is 19.6 Å². The minimum Gasteiger partial charge on any atom is -0.294 e. The van der Waals surface area contributed by atoms with E-state index < -0.39 is 0 Å². The lowest BCUT2D eigenvalue weighted by atomic mass is 10.1. The van der Waals surface area contributed by atoms with E-state index in [1.54, 1.807) is 0 Å². The summed E-state index contributed by atoms with van der Waals surface area (Å²) in [6.45, 7) is 3.69. The Hall–Kier alpha value is -2.16. The summed E-state index contributed by atoms with van der Waals surface area (Å²) in [7, 11) is 0. The zero-order chi connectivity index (χ0) is 15.6. The van der Waals surface area contributed by atoms with Gasteiger partial charge in [0.2, 0.25) is 0 Å². The van der Waals surface area contributed by atoms with E-state index in [-0.39, 0.29) is 6.04 Å². The van der Waals surface area contributed by atoms with Gasteiger partial charge in [0.25, 0.3) is 0 Å². The van der Waals surface area contributed by atoms with E-state index in [2.05, 4.69) is 39.2 Å². The molecular formula is C18H21N5. The molecule has 0 amide bonds. The molecule has 5 nitrogen and oxygen atoms in total. The van der Waals surface area contributed by atoms with Crippen LogP contribution in [0.25, 0.3) is 5.69 Å². The maximum atomic E-state index is 9.48. The lowest BCUT2D eigenvalue weighted by Crippen LogP contribution is -2.53. The van der Waals surface area contributed by atoms with Gasteiger partial charge in [0, 0.05) is 38.4 Å². The first-order valence-electron chi connectivity index (χ1n) is 8.31. The summed E-state index contributed by atoms with van der Waals surface area (Å²) in [6, 6.07) is 15.5. The van der Waals surface area contributed by atoms with Crippen molar-refractivity contribution in [3.05, 3.63) is 48.3 Å². The molecule has 1 aliphatic carbocycles. The Morgan fingerprint density at radius 2 is 1.96 bits per heavy atom. The van der Waals surface area contributed by atoms with Crippen LogP contribution in [0, 0.1) is 11.3 Å². The first-order chi connectivity index (χ1) is 11.3. The van der Waals surface area contributed by atoms with Crippen LogP contribution in [0.2, 0.25) is 0 Å². The summed E-state index contributed by atoms with van der Waals surface area (Å²) in [5.41, 5.74) is 2.26. The molecule has 0 radical (unpaired) electrons. The first kappa shape index (κ1) is 14.4. The Labute approximate surface area is 136 Å². The van der Waals surface area contributed by atoms with E-state index in [4.69, 9.17) is 0 Å². The van der Waals surface area contributed by atoms with Crippen LogP contribution in [0.4, 0.5) is 0 Å².